The lowest BCUT2D eigenvalue weighted by Crippen LogP contribution is -2.26. The number of rotatable bonds is 9. The van der Waals surface area contributed by atoms with Crippen molar-refractivity contribution in [2.24, 2.45) is 0 Å². The second kappa shape index (κ2) is 8.51. The lowest BCUT2D eigenvalue weighted by Gasteiger charge is -2.18. The van der Waals surface area contributed by atoms with Gasteiger partial charge < -0.3 is 20.1 Å². The van der Waals surface area contributed by atoms with Gasteiger partial charge in [0.1, 0.15) is 0 Å². The first kappa shape index (κ1) is 16.4. The van der Waals surface area contributed by atoms with Gasteiger partial charge >= 0.3 is 5.97 Å². The van der Waals surface area contributed by atoms with Crippen LogP contribution in [0.3, 0.4) is 0 Å². The van der Waals surface area contributed by atoms with Gasteiger partial charge in [0.05, 0.1) is 24.4 Å². The number of carboxylic acid groups (broad SMARTS) is 1. The molecule has 1 rings (SSSR count). The molecule has 1 fully saturated rings. The van der Waals surface area contributed by atoms with E-state index in [1.807, 2.05) is 0 Å². The van der Waals surface area contributed by atoms with Gasteiger partial charge in [-0.15, -0.1) is 0 Å². The molecule has 0 saturated carbocycles. The molecule has 3 N–H and O–H groups in total. The third-order valence-electron chi connectivity index (χ3n) is 3.66. The Labute approximate surface area is 114 Å². The van der Waals surface area contributed by atoms with Crippen LogP contribution >= 0.6 is 0 Å². The quantitative estimate of drug-likeness (QED) is 0.557. The van der Waals surface area contributed by atoms with Crippen molar-refractivity contribution >= 4 is 5.97 Å². The topological polar surface area (TPSA) is 87.0 Å². The number of aliphatic carboxylic acids is 1. The largest absolute Gasteiger partial charge is 0.481 e. The van der Waals surface area contributed by atoms with E-state index in [9.17, 15) is 15.0 Å². The number of carbonyl (C=O) groups is 1. The van der Waals surface area contributed by atoms with Crippen LogP contribution in [0.25, 0.3) is 0 Å². The minimum Gasteiger partial charge on any atom is -0.481 e. The van der Waals surface area contributed by atoms with Gasteiger partial charge in [-0.3, -0.25) is 4.79 Å². The fourth-order valence-corrected chi connectivity index (χ4v) is 2.51. The summed E-state index contributed by atoms with van der Waals surface area (Å²) in [4.78, 5) is 10.4. The summed E-state index contributed by atoms with van der Waals surface area (Å²) in [7, 11) is 0. The van der Waals surface area contributed by atoms with Crippen LogP contribution in [0.4, 0.5) is 0 Å². The molecule has 0 bridgehead atoms. The molecule has 0 radical (unpaired) electrons. The van der Waals surface area contributed by atoms with Crippen LogP contribution in [-0.2, 0) is 9.53 Å². The molecule has 19 heavy (non-hydrogen) atoms. The van der Waals surface area contributed by atoms with Gasteiger partial charge in [0.15, 0.2) is 0 Å². The van der Waals surface area contributed by atoms with E-state index in [0.29, 0.717) is 25.7 Å². The number of aliphatic hydroxyl groups is 2. The standard InChI is InChI=1S/C14H26O5/c1-2-3-4-6-10(15)13-9-11(16)12(19-13)7-5-8-14(17)18/h10-13,15-16H,2-9H2,1H3,(H,17,18)/t10-,11-,12-,13-/m1/s1. The number of hydrogen-bond donors (Lipinski definition) is 3. The van der Waals surface area contributed by atoms with E-state index >= 15 is 0 Å². The summed E-state index contributed by atoms with van der Waals surface area (Å²) >= 11 is 0. The van der Waals surface area contributed by atoms with Crippen LogP contribution in [0, 0.1) is 0 Å². The van der Waals surface area contributed by atoms with Gasteiger partial charge in [-0.05, 0) is 19.3 Å². The first-order valence-corrected chi connectivity index (χ1v) is 7.28. The summed E-state index contributed by atoms with van der Waals surface area (Å²) in [5.41, 5.74) is 0. The zero-order chi connectivity index (χ0) is 14.3. The molecule has 1 aliphatic rings. The lowest BCUT2D eigenvalue weighted by atomic mass is 10.0. The molecule has 1 heterocycles. The Kier molecular flexibility index (Phi) is 7.34. The van der Waals surface area contributed by atoms with Crippen LogP contribution in [0.2, 0.25) is 0 Å². The Morgan fingerprint density at radius 1 is 1.37 bits per heavy atom. The molecule has 1 aliphatic heterocycles. The fraction of sp³-hybridized carbons (Fsp3) is 0.929. The molecule has 0 aromatic carbocycles. The van der Waals surface area contributed by atoms with Crippen molar-refractivity contribution in [3.8, 4) is 0 Å². The van der Waals surface area contributed by atoms with Gasteiger partial charge in [-0.1, -0.05) is 26.2 Å². The van der Waals surface area contributed by atoms with Crippen molar-refractivity contribution in [3.63, 3.8) is 0 Å². The number of ether oxygens (including phenoxy) is 1. The van der Waals surface area contributed by atoms with Crippen LogP contribution in [0.5, 0.6) is 0 Å². The molecule has 5 nitrogen and oxygen atoms in total. The second-order valence-corrected chi connectivity index (χ2v) is 5.37. The number of unbranched alkanes of at least 4 members (excludes halogenated alkanes) is 2. The predicted molar refractivity (Wildman–Crippen MR) is 70.9 cm³/mol. The maximum atomic E-state index is 10.4. The third-order valence-corrected chi connectivity index (χ3v) is 3.66. The van der Waals surface area contributed by atoms with Crippen LogP contribution in [0.1, 0.15) is 58.3 Å². The molecule has 0 aromatic heterocycles. The highest BCUT2D eigenvalue weighted by Crippen LogP contribution is 2.28. The molecular weight excluding hydrogens is 248 g/mol. The number of hydrogen-bond acceptors (Lipinski definition) is 4. The first-order chi connectivity index (χ1) is 9.04. The highest BCUT2D eigenvalue weighted by Gasteiger charge is 2.36. The molecule has 0 spiro atoms. The van der Waals surface area contributed by atoms with Crippen molar-refractivity contribution in [3.05, 3.63) is 0 Å². The van der Waals surface area contributed by atoms with Crippen molar-refractivity contribution in [2.75, 3.05) is 0 Å². The molecule has 112 valence electrons. The van der Waals surface area contributed by atoms with Crippen molar-refractivity contribution < 1.29 is 24.9 Å². The lowest BCUT2D eigenvalue weighted by molar-refractivity contribution is -0.137. The maximum absolute atomic E-state index is 10.4. The molecule has 1 saturated heterocycles. The van der Waals surface area contributed by atoms with Crippen molar-refractivity contribution in [1.82, 2.24) is 0 Å². The summed E-state index contributed by atoms with van der Waals surface area (Å²) < 4.78 is 5.66. The number of carboxylic acids is 1. The first-order valence-electron chi connectivity index (χ1n) is 7.28. The monoisotopic (exact) mass is 274 g/mol. The average molecular weight is 274 g/mol. The zero-order valence-electron chi connectivity index (χ0n) is 11.6. The van der Waals surface area contributed by atoms with E-state index in [0.717, 1.165) is 19.3 Å². The van der Waals surface area contributed by atoms with Crippen molar-refractivity contribution in [1.29, 1.82) is 0 Å². The van der Waals surface area contributed by atoms with Gasteiger partial charge in [0, 0.05) is 12.8 Å². The van der Waals surface area contributed by atoms with Crippen LogP contribution in [0.15, 0.2) is 0 Å². The van der Waals surface area contributed by atoms with Gasteiger partial charge in [0.25, 0.3) is 0 Å². The third kappa shape index (κ3) is 5.89. The van der Waals surface area contributed by atoms with E-state index in [4.69, 9.17) is 9.84 Å². The van der Waals surface area contributed by atoms with E-state index in [2.05, 4.69) is 6.92 Å². The Balaban J connectivity index is 2.26. The minimum atomic E-state index is -0.830. The fourth-order valence-electron chi connectivity index (χ4n) is 2.51. The zero-order valence-corrected chi connectivity index (χ0v) is 11.6. The van der Waals surface area contributed by atoms with E-state index in [1.54, 1.807) is 0 Å². The molecule has 0 aromatic rings. The molecule has 0 aliphatic carbocycles. The van der Waals surface area contributed by atoms with Gasteiger partial charge in [-0.2, -0.15) is 0 Å². The van der Waals surface area contributed by atoms with E-state index in [1.165, 1.54) is 0 Å². The van der Waals surface area contributed by atoms with E-state index in [-0.39, 0.29) is 18.6 Å². The van der Waals surface area contributed by atoms with Gasteiger partial charge in [0.2, 0.25) is 0 Å². The summed E-state index contributed by atoms with van der Waals surface area (Å²) in [5.74, 6) is -0.830. The smallest absolute Gasteiger partial charge is 0.303 e. The Morgan fingerprint density at radius 2 is 2.11 bits per heavy atom. The van der Waals surface area contributed by atoms with Crippen LogP contribution < -0.4 is 0 Å². The molecule has 5 heteroatoms. The SMILES string of the molecule is CCCCC[C@@H](O)[C@H]1C[C@@H](O)[C@@H](CCCC(=O)O)O1. The van der Waals surface area contributed by atoms with Gasteiger partial charge in [-0.25, -0.2) is 0 Å². The average Bonchev–Trinajstić information content (AvgIpc) is 2.71. The number of aliphatic hydroxyl groups excluding tert-OH is 2. The Hall–Kier alpha value is -0.650. The molecule has 0 unspecified atom stereocenters. The van der Waals surface area contributed by atoms with Crippen LogP contribution in [-0.4, -0.2) is 45.7 Å². The highest BCUT2D eigenvalue weighted by molar-refractivity contribution is 5.66. The summed E-state index contributed by atoms with van der Waals surface area (Å²) in [5, 5.41) is 28.4. The molecular formula is C14H26O5. The minimum absolute atomic E-state index is 0.0936. The van der Waals surface area contributed by atoms with E-state index < -0.39 is 18.2 Å². The normalized spacial score (nSPS) is 28.5. The predicted octanol–water partition coefficient (Wildman–Crippen LogP) is 1.70. The molecule has 0 amide bonds. The summed E-state index contributed by atoms with van der Waals surface area (Å²) in [6.45, 7) is 2.11. The second-order valence-electron chi connectivity index (χ2n) is 5.37. The molecule has 4 atom stereocenters. The Bertz CT molecular complexity index is 269. The highest BCUT2D eigenvalue weighted by atomic mass is 16.5. The summed E-state index contributed by atoms with van der Waals surface area (Å²) in [6.07, 6.45) is 3.71. The summed E-state index contributed by atoms with van der Waals surface area (Å²) in [6, 6.07) is 0. The maximum Gasteiger partial charge on any atom is 0.303 e. The Morgan fingerprint density at radius 3 is 2.74 bits per heavy atom. The van der Waals surface area contributed by atoms with Crippen molar-refractivity contribution in [2.45, 2.75) is 82.7 Å².